The molecule has 0 atom stereocenters. The smallest absolute Gasteiger partial charge is 0.155 e. The molecule has 0 saturated heterocycles. The van der Waals surface area contributed by atoms with E-state index in [0.717, 1.165) is 94.5 Å². The summed E-state index contributed by atoms with van der Waals surface area (Å²) in [7, 11) is 0. The van der Waals surface area contributed by atoms with Gasteiger partial charge in [0, 0.05) is 142 Å². The first-order valence-corrected chi connectivity index (χ1v) is 34.5. The molecule has 0 aliphatic rings. The molecule has 8 aromatic carbocycles. The van der Waals surface area contributed by atoms with Crippen molar-refractivity contribution >= 4 is 88.7 Å². The third-order valence-electron chi connectivity index (χ3n) is 14.0. The number of ketones is 4. The second kappa shape index (κ2) is 55.2. The van der Waals surface area contributed by atoms with Gasteiger partial charge in [-0.2, -0.15) is 0 Å². The molecule has 12 rings (SSSR count). The molecule has 0 amide bonds. The molecule has 4 radical (unpaired) electrons. The topological polar surface area (TPSA) is 201 Å². The summed E-state index contributed by atoms with van der Waals surface area (Å²) < 4.78 is 2.09. The van der Waals surface area contributed by atoms with Gasteiger partial charge in [0.25, 0.3) is 0 Å². The summed E-state index contributed by atoms with van der Waals surface area (Å²) in [4.78, 5) is 58.8. The van der Waals surface area contributed by atoms with Crippen LogP contribution < -0.4 is 0 Å². The third kappa shape index (κ3) is 39.0. The molecular weight excluding hydrogens is 2190 g/mol. The number of nitrogens with zero attached hydrogens (tertiary/aromatic N) is 4. The Morgan fingerprint density at radius 3 is 1.07 bits per heavy atom. The number of fused-ring (bicyclic) bond motifs is 2. The molecular formula is C90H82Br2Ir4N4O8-4. The van der Waals surface area contributed by atoms with Gasteiger partial charge in [-0.3, -0.25) is 19.2 Å². The van der Waals surface area contributed by atoms with Crippen molar-refractivity contribution in [1.82, 2.24) is 19.9 Å². The first-order chi connectivity index (χ1) is 50.1. The van der Waals surface area contributed by atoms with Crippen LogP contribution in [0.15, 0.2) is 325 Å². The Morgan fingerprint density at radius 1 is 0.370 bits per heavy atom. The molecule has 0 fully saturated rings. The van der Waals surface area contributed by atoms with E-state index in [0.29, 0.717) is 12.8 Å². The molecule has 564 valence electrons. The van der Waals surface area contributed by atoms with Crippen LogP contribution in [0.25, 0.3) is 78.7 Å². The van der Waals surface area contributed by atoms with Gasteiger partial charge in [-0.15, -0.1) is 131 Å². The summed E-state index contributed by atoms with van der Waals surface area (Å²) in [6, 6.07) is 88.4. The normalized spacial score (nSPS) is 10.3. The van der Waals surface area contributed by atoms with E-state index in [1.165, 1.54) is 82.0 Å². The van der Waals surface area contributed by atoms with Crippen LogP contribution in [-0.4, -0.2) is 63.5 Å². The summed E-state index contributed by atoms with van der Waals surface area (Å²) in [5.41, 5.74) is 12.4. The third-order valence-corrected chi connectivity index (χ3v) is 15.0. The number of carbonyl (C=O) groups excluding carboxylic acids is 4. The molecule has 12 nitrogen and oxygen atoms in total. The van der Waals surface area contributed by atoms with Crippen molar-refractivity contribution < 1.29 is 120 Å². The molecule has 0 spiro atoms. The number of pyridine rings is 4. The standard InChI is InChI=1S/C15H9BrN.C15H10N.2C14H16O2.C11H7BrN.C11H8N.2C5H8O2.4Ir/c16-13-6-3-5-12(10-13)15-14-7-2-1-4-11(14)8-9-17-15;1-2-7-13(8-3-1)15-14-9-5-4-6-12(14)10-11-16-15;2*1-3-12-4-6-13(7-5-12)8-9-14(16)10-11(2)15;12-10-5-3-4-9(8-10)11-6-1-2-7-13-11;1-2-6-10(7-3-1)11-8-4-5-9-12-11;2*1-4(6)3-5(2)7;;;;/h1-4,6-10H;1-7,9-11H;2*3-7,10,16H,1,8-9H2,2H3;1-3,5-8H;1-6,8-9H;2*3,6H,1-2H3;;;;/q2*-1;;;2*-1;;;;;;. The summed E-state index contributed by atoms with van der Waals surface area (Å²) in [5.74, 6) is -0.0976. The van der Waals surface area contributed by atoms with Gasteiger partial charge < -0.3 is 40.4 Å². The second-order valence-electron chi connectivity index (χ2n) is 22.8. The van der Waals surface area contributed by atoms with Crippen LogP contribution in [0.3, 0.4) is 0 Å². The molecule has 108 heavy (non-hydrogen) atoms. The van der Waals surface area contributed by atoms with E-state index in [-0.39, 0.29) is 127 Å². The van der Waals surface area contributed by atoms with Crippen LogP contribution in [0.2, 0.25) is 0 Å². The van der Waals surface area contributed by atoms with Gasteiger partial charge >= 0.3 is 0 Å². The van der Waals surface area contributed by atoms with Gasteiger partial charge in [0.15, 0.2) is 23.1 Å². The minimum atomic E-state index is -0.125. The predicted octanol–water partition coefficient (Wildman–Crippen LogP) is 22.7. The number of rotatable bonds is 16. The van der Waals surface area contributed by atoms with Crippen molar-refractivity contribution in [2.24, 2.45) is 0 Å². The van der Waals surface area contributed by atoms with Crippen molar-refractivity contribution in [3.63, 3.8) is 0 Å². The minimum absolute atomic E-state index is 0. The molecule has 0 unspecified atom stereocenters. The van der Waals surface area contributed by atoms with Crippen LogP contribution in [-0.2, 0) is 112 Å². The van der Waals surface area contributed by atoms with Crippen LogP contribution in [0, 0.1) is 24.3 Å². The van der Waals surface area contributed by atoms with Crippen LogP contribution in [0.4, 0.5) is 0 Å². The van der Waals surface area contributed by atoms with Gasteiger partial charge in [0.05, 0.1) is 23.0 Å². The molecule has 4 heterocycles. The summed E-state index contributed by atoms with van der Waals surface area (Å²) in [6.07, 6.45) is 18.1. The molecule has 0 saturated carbocycles. The number of benzene rings is 8. The van der Waals surface area contributed by atoms with Gasteiger partial charge in [0.2, 0.25) is 0 Å². The van der Waals surface area contributed by atoms with Gasteiger partial charge in [-0.05, 0) is 145 Å². The molecule has 0 bridgehead atoms. The Bertz CT molecular complexity index is 4650. The van der Waals surface area contributed by atoms with E-state index in [1.54, 1.807) is 24.5 Å². The predicted molar refractivity (Wildman–Crippen MR) is 431 cm³/mol. The maximum absolute atomic E-state index is 10.7. The molecule has 12 aromatic rings. The van der Waals surface area contributed by atoms with E-state index >= 15 is 0 Å². The number of hydrogen-bond donors (Lipinski definition) is 4. The van der Waals surface area contributed by atoms with E-state index in [4.69, 9.17) is 10.2 Å². The second-order valence-corrected chi connectivity index (χ2v) is 24.6. The molecule has 18 heteroatoms. The number of halogens is 2. The Kier molecular flexibility index (Phi) is 49.5. The SMILES string of the molecule is Brc1cc[c-]c(-c2ccccn2)c1.Brc1cc[c-]c(-c2nccc3ccccc23)c1.C=Cc1ccc(CCC(O)=CC(C)=O)cc1.C=Cc1ccc(CCC(O)=CC(C)=O)cc1.CC(=O)C=C(C)O.CC(=O)C=C(C)O.[Ir].[Ir].[Ir].[Ir].[c-]1ccccc1-c1ccccn1.[c-]1ccccc1-c1nccc2ccccc12. The molecule has 4 N–H and O–H groups in total. The van der Waals surface area contributed by atoms with E-state index < -0.39 is 0 Å². The molecule has 4 aromatic heterocycles. The van der Waals surface area contributed by atoms with E-state index in [2.05, 4.69) is 113 Å². The summed E-state index contributed by atoms with van der Waals surface area (Å²) in [6.45, 7) is 15.9. The zero-order chi connectivity index (χ0) is 75.4. The van der Waals surface area contributed by atoms with E-state index in [1.807, 2.05) is 219 Å². The fraction of sp³-hybridized carbons (Fsp3) is 0.111. The zero-order valence-corrected chi connectivity index (χ0v) is 73.0. The maximum atomic E-state index is 10.7. The summed E-state index contributed by atoms with van der Waals surface area (Å²) >= 11 is 6.89. The number of hydrogen-bond acceptors (Lipinski definition) is 12. The summed E-state index contributed by atoms with van der Waals surface area (Å²) in [5, 5.41) is 40.3. The number of allylic oxidation sites excluding steroid dienone is 8. The van der Waals surface area contributed by atoms with Gasteiger partial charge in [0.1, 0.15) is 0 Å². The average Bonchev–Trinajstić information content (AvgIpc) is 0.813. The fourth-order valence-corrected chi connectivity index (χ4v) is 10.1. The molecule has 0 aliphatic heterocycles. The Hall–Kier alpha value is -9.24. The molecule has 0 aliphatic carbocycles. The van der Waals surface area contributed by atoms with Crippen molar-refractivity contribution in [1.29, 1.82) is 0 Å². The number of aliphatic hydroxyl groups is 4. The Morgan fingerprint density at radius 2 is 0.722 bits per heavy atom. The number of aromatic nitrogens is 4. The van der Waals surface area contributed by atoms with Crippen molar-refractivity contribution in [2.75, 3.05) is 0 Å². The van der Waals surface area contributed by atoms with Crippen molar-refractivity contribution in [2.45, 2.75) is 67.2 Å². The van der Waals surface area contributed by atoms with E-state index in [9.17, 15) is 29.4 Å². The Balaban J connectivity index is 0.000000623. The first-order valence-electron chi connectivity index (χ1n) is 32.9. The van der Waals surface area contributed by atoms with Gasteiger partial charge in [-0.25, -0.2) is 0 Å². The fourth-order valence-electron chi connectivity index (χ4n) is 9.36. The van der Waals surface area contributed by atoms with Crippen LogP contribution in [0.5, 0.6) is 0 Å². The van der Waals surface area contributed by atoms with Gasteiger partial charge in [-0.1, -0.05) is 187 Å². The quantitative estimate of drug-likeness (QED) is 0.0406. The first kappa shape index (κ1) is 96.8. The number of aryl methyl sites for hydroxylation is 2. The maximum Gasteiger partial charge on any atom is 0.155 e. The van der Waals surface area contributed by atoms with Crippen molar-refractivity contribution in [3.05, 3.63) is 371 Å². The van der Waals surface area contributed by atoms with Crippen LogP contribution >= 0.6 is 31.9 Å². The zero-order valence-electron chi connectivity index (χ0n) is 60.3. The largest absolute Gasteiger partial charge is 0.512 e. The van der Waals surface area contributed by atoms with Crippen molar-refractivity contribution in [3.8, 4) is 45.0 Å². The van der Waals surface area contributed by atoms with Crippen LogP contribution in [0.1, 0.15) is 76.6 Å². The Labute approximate surface area is 705 Å². The number of aliphatic hydroxyl groups excluding tert-OH is 4. The minimum Gasteiger partial charge on any atom is -0.512 e. The number of carbonyl (C=O) groups is 4. The average molecular weight is 2280 g/mol. The monoisotopic (exact) mass is 2280 g/mol.